The third kappa shape index (κ3) is 4.39. The number of hydrogen-bond acceptors (Lipinski definition) is 3. The van der Waals surface area contributed by atoms with Crippen molar-refractivity contribution in [3.05, 3.63) is 35.4 Å². The van der Waals surface area contributed by atoms with Crippen molar-refractivity contribution in [3.63, 3.8) is 0 Å². The first-order valence-corrected chi connectivity index (χ1v) is 7.99. The summed E-state index contributed by atoms with van der Waals surface area (Å²) < 4.78 is 0. The smallest absolute Gasteiger partial charge is 0.176 e. The molecule has 0 aliphatic carbocycles. The molecule has 3 heteroatoms. The average Bonchev–Trinajstić information content (AvgIpc) is 2.47. The number of piperidine rings is 1. The maximum absolute atomic E-state index is 12.4. The van der Waals surface area contributed by atoms with Gasteiger partial charge in [0.25, 0.3) is 0 Å². The molecule has 0 spiro atoms. The topological polar surface area (TPSA) is 23.6 Å². The Balaban J connectivity index is 1.94. The quantitative estimate of drug-likeness (QED) is 0.778. The van der Waals surface area contributed by atoms with Gasteiger partial charge < -0.3 is 4.90 Å². The molecule has 1 unspecified atom stereocenters. The summed E-state index contributed by atoms with van der Waals surface area (Å²) in [6.45, 7) is 7.10. The number of ketones is 1. The number of rotatable bonds is 5. The Bertz CT molecular complexity index is 467. The lowest BCUT2D eigenvalue weighted by atomic mass is 10.00. The normalized spacial score (nSPS) is 20.2. The molecule has 1 aromatic rings. The van der Waals surface area contributed by atoms with E-state index in [2.05, 4.69) is 49.9 Å². The molecule has 1 heterocycles. The molecule has 1 atom stereocenters. The molecule has 1 fully saturated rings. The molecular weight excluding hydrogens is 260 g/mol. The molecule has 21 heavy (non-hydrogen) atoms. The van der Waals surface area contributed by atoms with E-state index in [4.69, 9.17) is 0 Å². The fraction of sp³-hybridized carbons (Fsp3) is 0.611. The van der Waals surface area contributed by atoms with Crippen LogP contribution in [0.3, 0.4) is 0 Å². The van der Waals surface area contributed by atoms with E-state index in [0.29, 0.717) is 18.5 Å². The summed E-state index contributed by atoms with van der Waals surface area (Å²) in [5.74, 6) is 0.732. The summed E-state index contributed by atoms with van der Waals surface area (Å²) in [6, 6.07) is 8.60. The van der Waals surface area contributed by atoms with E-state index in [0.717, 1.165) is 12.1 Å². The second-order valence-electron chi connectivity index (χ2n) is 6.67. The first-order chi connectivity index (χ1) is 9.97. The molecule has 0 saturated carbocycles. The van der Waals surface area contributed by atoms with Gasteiger partial charge in [0.05, 0.1) is 6.54 Å². The van der Waals surface area contributed by atoms with Crippen molar-refractivity contribution in [1.82, 2.24) is 9.80 Å². The minimum absolute atomic E-state index is 0.223. The molecule has 0 bridgehead atoms. The molecule has 0 N–H and O–H groups in total. The summed E-state index contributed by atoms with van der Waals surface area (Å²) in [7, 11) is 4.23. The Hall–Kier alpha value is -1.19. The minimum atomic E-state index is 0.223. The number of carbonyl (C=O) groups is 1. The molecule has 2 rings (SSSR count). The van der Waals surface area contributed by atoms with Crippen molar-refractivity contribution < 1.29 is 4.79 Å². The number of likely N-dealkylation sites (N-methyl/N-ethyl adjacent to an activating group) is 2. The van der Waals surface area contributed by atoms with Crippen LogP contribution in [-0.2, 0) is 0 Å². The zero-order chi connectivity index (χ0) is 15.4. The van der Waals surface area contributed by atoms with Crippen molar-refractivity contribution in [2.24, 2.45) is 0 Å². The summed E-state index contributed by atoms with van der Waals surface area (Å²) in [6.07, 6.45) is 2.42. The number of hydrogen-bond donors (Lipinski definition) is 0. The van der Waals surface area contributed by atoms with Crippen LogP contribution in [0.15, 0.2) is 24.3 Å². The molecule has 1 aromatic carbocycles. The van der Waals surface area contributed by atoms with Crippen LogP contribution in [0, 0.1) is 0 Å². The Morgan fingerprint density at radius 1 is 1.33 bits per heavy atom. The van der Waals surface area contributed by atoms with Crippen molar-refractivity contribution >= 4 is 5.78 Å². The summed E-state index contributed by atoms with van der Waals surface area (Å²) in [5.41, 5.74) is 2.12. The molecule has 0 aromatic heterocycles. The van der Waals surface area contributed by atoms with E-state index in [1.54, 1.807) is 0 Å². The third-order valence-corrected chi connectivity index (χ3v) is 4.52. The fourth-order valence-corrected chi connectivity index (χ4v) is 3.00. The van der Waals surface area contributed by atoms with Crippen LogP contribution >= 0.6 is 0 Å². The summed E-state index contributed by atoms with van der Waals surface area (Å²) >= 11 is 0. The Morgan fingerprint density at radius 2 is 2.00 bits per heavy atom. The lowest BCUT2D eigenvalue weighted by Crippen LogP contribution is -2.46. The largest absolute Gasteiger partial charge is 0.305 e. The van der Waals surface area contributed by atoms with Gasteiger partial charge in [0.2, 0.25) is 0 Å². The van der Waals surface area contributed by atoms with E-state index >= 15 is 0 Å². The van der Waals surface area contributed by atoms with Gasteiger partial charge in [-0.25, -0.2) is 0 Å². The maximum Gasteiger partial charge on any atom is 0.176 e. The van der Waals surface area contributed by atoms with Crippen LogP contribution in [0.2, 0.25) is 0 Å². The van der Waals surface area contributed by atoms with Gasteiger partial charge in [-0.05, 0) is 45.0 Å². The number of Topliss-reactive ketones (excluding diaryl/α,β-unsaturated/α-hetero) is 1. The number of carbonyl (C=O) groups excluding carboxylic acids is 1. The zero-order valence-electron chi connectivity index (χ0n) is 13.8. The first kappa shape index (κ1) is 16.2. The Labute approximate surface area is 128 Å². The van der Waals surface area contributed by atoms with E-state index in [9.17, 15) is 4.79 Å². The van der Waals surface area contributed by atoms with Crippen molar-refractivity contribution in [2.75, 3.05) is 33.7 Å². The fourth-order valence-electron chi connectivity index (χ4n) is 3.00. The van der Waals surface area contributed by atoms with E-state index in [1.807, 2.05) is 12.1 Å². The lowest BCUT2D eigenvalue weighted by molar-refractivity contribution is 0.0857. The number of likely N-dealkylation sites (tertiary alicyclic amines) is 1. The molecule has 1 saturated heterocycles. The average molecular weight is 288 g/mol. The van der Waals surface area contributed by atoms with Crippen molar-refractivity contribution in [2.45, 2.75) is 38.6 Å². The van der Waals surface area contributed by atoms with Gasteiger partial charge in [-0.3, -0.25) is 9.69 Å². The van der Waals surface area contributed by atoms with Crippen LogP contribution in [0.1, 0.15) is 48.5 Å². The van der Waals surface area contributed by atoms with Gasteiger partial charge >= 0.3 is 0 Å². The monoisotopic (exact) mass is 288 g/mol. The van der Waals surface area contributed by atoms with Crippen LogP contribution in [0.25, 0.3) is 0 Å². The van der Waals surface area contributed by atoms with Gasteiger partial charge in [-0.1, -0.05) is 38.1 Å². The minimum Gasteiger partial charge on any atom is -0.305 e. The highest BCUT2D eigenvalue weighted by Crippen LogP contribution is 2.17. The Kier molecular flexibility index (Phi) is 5.54. The van der Waals surface area contributed by atoms with Gasteiger partial charge in [0.1, 0.15) is 0 Å². The predicted molar refractivity (Wildman–Crippen MR) is 88.0 cm³/mol. The highest BCUT2D eigenvalue weighted by atomic mass is 16.1. The van der Waals surface area contributed by atoms with Crippen molar-refractivity contribution in [1.29, 1.82) is 0 Å². The highest BCUT2D eigenvalue weighted by Gasteiger charge is 2.22. The molecule has 0 amide bonds. The first-order valence-electron chi connectivity index (χ1n) is 7.99. The van der Waals surface area contributed by atoms with Gasteiger partial charge in [-0.15, -0.1) is 0 Å². The van der Waals surface area contributed by atoms with Crippen LogP contribution in [0.5, 0.6) is 0 Å². The second kappa shape index (κ2) is 7.19. The van der Waals surface area contributed by atoms with Gasteiger partial charge in [0, 0.05) is 18.2 Å². The van der Waals surface area contributed by atoms with E-state index < -0.39 is 0 Å². The van der Waals surface area contributed by atoms with Crippen LogP contribution in [0.4, 0.5) is 0 Å². The summed E-state index contributed by atoms with van der Waals surface area (Å²) in [4.78, 5) is 17.0. The maximum atomic E-state index is 12.4. The van der Waals surface area contributed by atoms with Crippen LogP contribution < -0.4 is 0 Å². The van der Waals surface area contributed by atoms with Gasteiger partial charge in [0.15, 0.2) is 5.78 Å². The van der Waals surface area contributed by atoms with Crippen LogP contribution in [-0.4, -0.2) is 55.4 Å². The zero-order valence-corrected chi connectivity index (χ0v) is 13.8. The van der Waals surface area contributed by atoms with Crippen molar-refractivity contribution in [3.8, 4) is 0 Å². The van der Waals surface area contributed by atoms with E-state index in [1.165, 1.54) is 24.9 Å². The molecule has 3 nitrogen and oxygen atoms in total. The summed E-state index contributed by atoms with van der Waals surface area (Å²) in [5, 5.41) is 0. The SMILES string of the molecule is CC(C)c1ccc(C(=O)CN(C)C2CCCN(C)C2)cc1. The molecule has 1 aliphatic rings. The molecular formula is C18H28N2O. The predicted octanol–water partition coefficient (Wildman–Crippen LogP) is 3.02. The number of nitrogens with zero attached hydrogens (tertiary/aromatic N) is 2. The highest BCUT2D eigenvalue weighted by molar-refractivity contribution is 5.97. The van der Waals surface area contributed by atoms with E-state index in [-0.39, 0.29) is 5.78 Å². The second-order valence-corrected chi connectivity index (χ2v) is 6.67. The lowest BCUT2D eigenvalue weighted by Gasteiger charge is -2.35. The Morgan fingerprint density at radius 3 is 2.57 bits per heavy atom. The number of benzene rings is 1. The standard InChI is InChI=1S/C18H28N2O/c1-14(2)15-7-9-16(10-8-15)18(21)13-20(4)17-6-5-11-19(3)12-17/h7-10,14,17H,5-6,11-13H2,1-4H3. The third-order valence-electron chi connectivity index (χ3n) is 4.52. The molecule has 116 valence electrons. The van der Waals surface area contributed by atoms with Gasteiger partial charge in [-0.2, -0.15) is 0 Å². The molecule has 1 aliphatic heterocycles. The molecule has 0 radical (unpaired) electrons.